The molecule has 4 heteroatoms. The fraction of sp³-hybridized carbons (Fsp3) is 0.778. The van der Waals surface area contributed by atoms with E-state index in [0.29, 0.717) is 6.54 Å². The average Bonchev–Trinajstić information content (AvgIpc) is 2.02. The zero-order chi connectivity index (χ0) is 10.1. The van der Waals surface area contributed by atoms with E-state index in [1.807, 2.05) is 0 Å². The van der Waals surface area contributed by atoms with Crippen LogP contribution in [0.15, 0.2) is 0 Å². The number of ketones is 1. The molecule has 0 spiro atoms. The van der Waals surface area contributed by atoms with E-state index in [1.165, 1.54) is 6.92 Å². The van der Waals surface area contributed by atoms with Gasteiger partial charge >= 0.3 is 0 Å². The molecule has 0 aliphatic carbocycles. The zero-order valence-corrected chi connectivity index (χ0v) is 8.01. The van der Waals surface area contributed by atoms with Crippen LogP contribution < -0.4 is 5.32 Å². The largest absolute Gasteiger partial charge is 0.396 e. The van der Waals surface area contributed by atoms with Crippen LogP contribution >= 0.6 is 0 Å². The molecule has 0 heterocycles. The first kappa shape index (κ1) is 12.1. The van der Waals surface area contributed by atoms with Crippen LogP contribution in [0.4, 0.5) is 0 Å². The average molecular weight is 187 g/mol. The second kappa shape index (κ2) is 7.73. The van der Waals surface area contributed by atoms with Crippen molar-refractivity contribution in [3.63, 3.8) is 0 Å². The van der Waals surface area contributed by atoms with Gasteiger partial charge in [0.2, 0.25) is 5.91 Å². The van der Waals surface area contributed by atoms with Crippen LogP contribution in [0.3, 0.4) is 0 Å². The van der Waals surface area contributed by atoms with Gasteiger partial charge in [-0.15, -0.1) is 0 Å². The van der Waals surface area contributed by atoms with E-state index in [1.54, 1.807) is 0 Å². The second-order valence-electron chi connectivity index (χ2n) is 3.01. The van der Waals surface area contributed by atoms with Gasteiger partial charge in [-0.2, -0.15) is 0 Å². The number of aliphatic hydroxyl groups excluding tert-OH is 1. The molecule has 0 aromatic rings. The Morgan fingerprint density at radius 3 is 2.46 bits per heavy atom. The van der Waals surface area contributed by atoms with E-state index in [0.717, 1.165) is 19.3 Å². The Morgan fingerprint density at radius 1 is 1.23 bits per heavy atom. The summed E-state index contributed by atoms with van der Waals surface area (Å²) in [6.45, 7) is 2.18. The highest BCUT2D eigenvalue weighted by Crippen LogP contribution is 1.92. The molecule has 0 aliphatic heterocycles. The Morgan fingerprint density at radius 2 is 1.92 bits per heavy atom. The van der Waals surface area contributed by atoms with Gasteiger partial charge in [-0.05, 0) is 26.2 Å². The van der Waals surface area contributed by atoms with Crippen molar-refractivity contribution in [2.75, 3.05) is 13.2 Å². The number of carbonyl (C=O) groups excluding carboxylic acids is 2. The predicted molar refractivity (Wildman–Crippen MR) is 49.2 cm³/mol. The maximum absolute atomic E-state index is 10.9. The van der Waals surface area contributed by atoms with Gasteiger partial charge in [-0.1, -0.05) is 0 Å². The van der Waals surface area contributed by atoms with Crippen molar-refractivity contribution in [2.45, 2.75) is 32.6 Å². The van der Waals surface area contributed by atoms with E-state index in [9.17, 15) is 9.59 Å². The summed E-state index contributed by atoms with van der Waals surface area (Å²) in [7, 11) is 0. The lowest BCUT2D eigenvalue weighted by molar-refractivity contribution is -0.127. The van der Waals surface area contributed by atoms with Crippen molar-refractivity contribution < 1.29 is 14.7 Å². The van der Waals surface area contributed by atoms with Gasteiger partial charge in [0, 0.05) is 13.2 Å². The van der Waals surface area contributed by atoms with Crippen molar-refractivity contribution in [2.24, 2.45) is 0 Å². The minimum Gasteiger partial charge on any atom is -0.396 e. The third-order valence-electron chi connectivity index (χ3n) is 1.57. The molecule has 1 amide bonds. The standard InChI is InChI=1S/C9H17NO3/c1-8(12)7-9(13)10-5-3-2-4-6-11/h11H,2-7H2,1H3,(H,10,13). The Hall–Kier alpha value is -0.900. The lowest BCUT2D eigenvalue weighted by Crippen LogP contribution is -2.25. The van der Waals surface area contributed by atoms with Gasteiger partial charge in [0.1, 0.15) is 5.78 Å². The van der Waals surface area contributed by atoms with Gasteiger partial charge in [-0.3, -0.25) is 9.59 Å². The highest BCUT2D eigenvalue weighted by Gasteiger charge is 2.02. The first-order valence-electron chi connectivity index (χ1n) is 4.54. The number of amides is 1. The molecule has 0 rings (SSSR count). The Balaban J connectivity index is 3.22. The quantitative estimate of drug-likeness (QED) is 0.443. The zero-order valence-electron chi connectivity index (χ0n) is 8.01. The van der Waals surface area contributed by atoms with E-state index in [4.69, 9.17) is 5.11 Å². The fourth-order valence-electron chi connectivity index (χ4n) is 0.930. The van der Waals surface area contributed by atoms with Crippen molar-refractivity contribution >= 4 is 11.7 Å². The van der Waals surface area contributed by atoms with Gasteiger partial charge in [-0.25, -0.2) is 0 Å². The second-order valence-corrected chi connectivity index (χ2v) is 3.01. The highest BCUT2D eigenvalue weighted by molar-refractivity contribution is 5.96. The summed E-state index contributed by atoms with van der Waals surface area (Å²) in [5.74, 6) is -0.329. The number of rotatable bonds is 7. The Labute approximate surface area is 78.3 Å². The van der Waals surface area contributed by atoms with Crippen LogP contribution in [-0.4, -0.2) is 29.9 Å². The third kappa shape index (κ3) is 9.01. The molecule has 0 saturated heterocycles. The molecule has 0 aromatic carbocycles. The maximum atomic E-state index is 10.9. The third-order valence-corrected chi connectivity index (χ3v) is 1.57. The SMILES string of the molecule is CC(=O)CC(=O)NCCCCCO. The molecule has 0 atom stereocenters. The van der Waals surface area contributed by atoms with E-state index >= 15 is 0 Å². The van der Waals surface area contributed by atoms with E-state index in [2.05, 4.69) is 5.32 Å². The summed E-state index contributed by atoms with van der Waals surface area (Å²) in [6, 6.07) is 0. The molecule has 0 bridgehead atoms. The summed E-state index contributed by atoms with van der Waals surface area (Å²) in [6.07, 6.45) is 2.49. The van der Waals surface area contributed by atoms with Crippen LogP contribution in [0.2, 0.25) is 0 Å². The molecule has 0 aromatic heterocycles. The number of nitrogens with one attached hydrogen (secondary N) is 1. The summed E-state index contributed by atoms with van der Waals surface area (Å²) in [4.78, 5) is 21.4. The van der Waals surface area contributed by atoms with Crippen LogP contribution in [0.1, 0.15) is 32.6 Å². The monoisotopic (exact) mass is 187 g/mol. The maximum Gasteiger partial charge on any atom is 0.227 e. The molecule has 76 valence electrons. The Bertz CT molecular complexity index is 168. The van der Waals surface area contributed by atoms with Crippen LogP contribution in [-0.2, 0) is 9.59 Å². The number of Topliss-reactive ketones (excluding diaryl/α,β-unsaturated/α-hetero) is 1. The van der Waals surface area contributed by atoms with Gasteiger partial charge < -0.3 is 10.4 Å². The van der Waals surface area contributed by atoms with Crippen LogP contribution in [0.25, 0.3) is 0 Å². The minimum atomic E-state index is -0.212. The molecule has 2 N–H and O–H groups in total. The van der Waals surface area contributed by atoms with Crippen LogP contribution in [0, 0.1) is 0 Å². The number of hydrogen-bond acceptors (Lipinski definition) is 3. The summed E-state index contributed by atoms with van der Waals surface area (Å²) >= 11 is 0. The lowest BCUT2D eigenvalue weighted by atomic mass is 10.2. The van der Waals surface area contributed by atoms with E-state index < -0.39 is 0 Å². The molecular weight excluding hydrogens is 170 g/mol. The minimum absolute atomic E-state index is 0.0278. The van der Waals surface area contributed by atoms with Gasteiger partial charge in [0.25, 0.3) is 0 Å². The fourth-order valence-corrected chi connectivity index (χ4v) is 0.930. The first-order chi connectivity index (χ1) is 6.16. The van der Waals surface area contributed by atoms with Crippen LogP contribution in [0.5, 0.6) is 0 Å². The summed E-state index contributed by atoms with van der Waals surface area (Å²) in [5.41, 5.74) is 0. The lowest BCUT2D eigenvalue weighted by Gasteiger charge is -2.02. The van der Waals surface area contributed by atoms with Crippen molar-refractivity contribution in [3.05, 3.63) is 0 Å². The molecule has 0 fully saturated rings. The molecule has 4 nitrogen and oxygen atoms in total. The number of carbonyl (C=O) groups is 2. The van der Waals surface area contributed by atoms with Gasteiger partial charge in [0.15, 0.2) is 0 Å². The normalized spacial score (nSPS) is 9.69. The van der Waals surface area contributed by atoms with Crippen molar-refractivity contribution in [1.29, 1.82) is 0 Å². The van der Waals surface area contributed by atoms with Gasteiger partial charge in [0.05, 0.1) is 6.42 Å². The first-order valence-corrected chi connectivity index (χ1v) is 4.54. The van der Waals surface area contributed by atoms with Crippen molar-refractivity contribution in [1.82, 2.24) is 5.32 Å². The Kier molecular flexibility index (Phi) is 7.20. The number of unbranched alkanes of at least 4 members (excludes halogenated alkanes) is 2. The highest BCUT2D eigenvalue weighted by atomic mass is 16.2. The summed E-state index contributed by atoms with van der Waals surface area (Å²) in [5, 5.41) is 11.1. The predicted octanol–water partition coefficient (Wildman–Crippen LogP) is 0.244. The molecular formula is C9H17NO3. The smallest absolute Gasteiger partial charge is 0.227 e. The molecule has 0 saturated carbocycles. The topological polar surface area (TPSA) is 66.4 Å². The number of hydrogen-bond donors (Lipinski definition) is 2. The van der Waals surface area contributed by atoms with E-state index in [-0.39, 0.29) is 24.7 Å². The molecule has 0 unspecified atom stereocenters. The molecule has 13 heavy (non-hydrogen) atoms. The number of aliphatic hydroxyl groups is 1. The summed E-state index contributed by atoms with van der Waals surface area (Å²) < 4.78 is 0. The molecule has 0 aliphatic rings. The van der Waals surface area contributed by atoms with Crippen molar-refractivity contribution in [3.8, 4) is 0 Å². The molecule has 0 radical (unpaired) electrons.